The molecule has 0 fully saturated rings. The molecule has 0 aliphatic rings. The molecule has 7 heteroatoms. The van der Waals surface area contributed by atoms with Gasteiger partial charge in [0.2, 0.25) is 0 Å². The second kappa shape index (κ2) is 10.2. The largest absolute Gasteiger partial charge is 0.496 e. The third kappa shape index (κ3) is 5.18. The van der Waals surface area contributed by atoms with E-state index in [1.807, 2.05) is 67.7 Å². The van der Waals surface area contributed by atoms with Crippen LogP contribution >= 0.6 is 0 Å². The Hall–Kier alpha value is -3.89. The van der Waals surface area contributed by atoms with Crippen LogP contribution in [-0.4, -0.2) is 43.1 Å². The lowest BCUT2D eigenvalue weighted by Gasteiger charge is -2.07. The number of methoxy groups -OCH3 is 2. The van der Waals surface area contributed by atoms with Gasteiger partial charge in [-0.1, -0.05) is 18.2 Å². The van der Waals surface area contributed by atoms with E-state index < -0.39 is 5.91 Å². The predicted octanol–water partition coefficient (Wildman–Crippen LogP) is 3.53. The lowest BCUT2D eigenvalue weighted by molar-refractivity contribution is -0.117. The van der Waals surface area contributed by atoms with E-state index in [1.54, 1.807) is 25.0 Å². The molecule has 0 saturated heterocycles. The van der Waals surface area contributed by atoms with Crippen molar-refractivity contribution < 1.29 is 14.3 Å². The van der Waals surface area contributed by atoms with Gasteiger partial charge in [-0.3, -0.25) is 4.79 Å². The van der Waals surface area contributed by atoms with Crippen molar-refractivity contribution in [3.05, 3.63) is 71.4 Å². The molecule has 0 spiro atoms. The zero-order chi connectivity index (χ0) is 22.2. The molecule has 0 saturated carbocycles. The highest BCUT2D eigenvalue weighted by Crippen LogP contribution is 2.29. The van der Waals surface area contributed by atoms with Gasteiger partial charge in [0, 0.05) is 31.0 Å². The first-order valence-electron chi connectivity index (χ1n) is 9.76. The zero-order valence-corrected chi connectivity index (χ0v) is 17.8. The molecule has 1 N–H and O–H groups in total. The number of carbonyl (C=O) groups is 1. The Bertz CT molecular complexity index is 1130. The summed E-state index contributed by atoms with van der Waals surface area (Å²) in [5.74, 6) is 0.322. The van der Waals surface area contributed by atoms with Crippen LogP contribution in [0.5, 0.6) is 5.75 Å². The highest BCUT2D eigenvalue weighted by molar-refractivity contribution is 6.02. The molecular formula is C24H24N4O3. The number of nitriles is 1. The molecular weight excluding hydrogens is 392 g/mol. The van der Waals surface area contributed by atoms with Crippen molar-refractivity contribution in [2.24, 2.45) is 0 Å². The van der Waals surface area contributed by atoms with E-state index in [2.05, 4.69) is 5.32 Å². The predicted molar refractivity (Wildman–Crippen MR) is 119 cm³/mol. The number of nitrogens with zero attached hydrogens (tertiary/aromatic N) is 3. The molecule has 3 aromatic rings. The molecule has 0 aliphatic heterocycles. The average molecular weight is 416 g/mol. The lowest BCUT2D eigenvalue weighted by atomic mass is 10.0. The molecule has 31 heavy (non-hydrogen) atoms. The molecule has 0 unspecified atom stereocenters. The van der Waals surface area contributed by atoms with Crippen LogP contribution < -0.4 is 10.1 Å². The topological polar surface area (TPSA) is 89.2 Å². The van der Waals surface area contributed by atoms with Crippen molar-refractivity contribution in [2.45, 2.75) is 6.92 Å². The average Bonchev–Trinajstić information content (AvgIpc) is 3.22. The van der Waals surface area contributed by atoms with Crippen LogP contribution in [0, 0.1) is 18.3 Å². The quantitative estimate of drug-likeness (QED) is 0.345. The number of carbonyl (C=O) groups excluding carboxylic acids is 1. The summed E-state index contributed by atoms with van der Waals surface area (Å²) >= 11 is 0. The normalized spacial score (nSPS) is 11.1. The molecule has 0 bridgehead atoms. The number of rotatable bonds is 8. The summed E-state index contributed by atoms with van der Waals surface area (Å²) < 4.78 is 12.0. The Morgan fingerprint density at radius 3 is 2.65 bits per heavy atom. The molecule has 2 aromatic carbocycles. The number of ether oxygens (including phenoxy) is 2. The summed E-state index contributed by atoms with van der Waals surface area (Å²) in [7, 11) is 3.18. The van der Waals surface area contributed by atoms with Gasteiger partial charge in [-0.05, 0) is 48.9 Å². The standard InChI is InChI=1S/C24H24N4O3/c1-17-13-18(9-10-22(17)31-3)23-20(14-19(15-25)24(29)26-11-12-30-2)16-28(27-23)21-7-5-4-6-8-21/h4-10,13-14,16H,11-12H2,1-3H3,(H,26,29)/b19-14+. The monoisotopic (exact) mass is 416 g/mol. The molecule has 0 radical (unpaired) electrons. The summed E-state index contributed by atoms with van der Waals surface area (Å²) in [6, 6.07) is 17.4. The van der Waals surface area contributed by atoms with E-state index in [0.29, 0.717) is 24.4 Å². The van der Waals surface area contributed by atoms with Gasteiger partial charge in [0.05, 0.1) is 19.4 Å². The summed E-state index contributed by atoms with van der Waals surface area (Å²) in [4.78, 5) is 12.4. The van der Waals surface area contributed by atoms with Gasteiger partial charge >= 0.3 is 0 Å². The minimum absolute atomic E-state index is 0.00445. The molecule has 1 aromatic heterocycles. The van der Waals surface area contributed by atoms with Crippen molar-refractivity contribution in [1.82, 2.24) is 15.1 Å². The van der Waals surface area contributed by atoms with E-state index in [-0.39, 0.29) is 5.57 Å². The van der Waals surface area contributed by atoms with Gasteiger partial charge in [0.1, 0.15) is 23.1 Å². The molecule has 158 valence electrons. The minimum atomic E-state index is -0.455. The molecule has 0 aliphatic carbocycles. The second-order valence-corrected chi connectivity index (χ2v) is 6.82. The number of hydrogen-bond acceptors (Lipinski definition) is 5. The van der Waals surface area contributed by atoms with Crippen molar-refractivity contribution in [3.8, 4) is 28.8 Å². The van der Waals surface area contributed by atoms with Crippen LogP contribution in [0.25, 0.3) is 23.0 Å². The van der Waals surface area contributed by atoms with Crippen molar-refractivity contribution in [1.29, 1.82) is 5.26 Å². The summed E-state index contributed by atoms with van der Waals surface area (Å²) in [6.45, 7) is 2.64. The van der Waals surface area contributed by atoms with Crippen LogP contribution in [0.15, 0.2) is 60.3 Å². The summed E-state index contributed by atoms with van der Waals surface area (Å²) in [5.41, 5.74) is 4.00. The van der Waals surface area contributed by atoms with E-state index in [1.165, 1.54) is 0 Å². The number of aromatic nitrogens is 2. The van der Waals surface area contributed by atoms with Gasteiger partial charge in [-0.2, -0.15) is 10.4 Å². The lowest BCUT2D eigenvalue weighted by Crippen LogP contribution is -2.27. The van der Waals surface area contributed by atoms with E-state index in [9.17, 15) is 10.1 Å². The van der Waals surface area contributed by atoms with Gasteiger partial charge in [0.25, 0.3) is 5.91 Å². The first-order chi connectivity index (χ1) is 15.1. The number of benzene rings is 2. The number of hydrogen-bond donors (Lipinski definition) is 1. The minimum Gasteiger partial charge on any atom is -0.496 e. The van der Waals surface area contributed by atoms with Gasteiger partial charge in [0.15, 0.2) is 0 Å². The molecule has 1 amide bonds. The SMILES string of the molecule is COCCNC(=O)/C(C#N)=C/c1cn(-c2ccccc2)nc1-c1ccc(OC)c(C)c1. The third-order valence-electron chi connectivity index (χ3n) is 4.69. The van der Waals surface area contributed by atoms with Crippen LogP contribution in [0.4, 0.5) is 0 Å². The smallest absolute Gasteiger partial charge is 0.262 e. The first kappa shape index (κ1) is 21.8. The zero-order valence-electron chi connectivity index (χ0n) is 17.8. The Morgan fingerprint density at radius 1 is 1.23 bits per heavy atom. The van der Waals surface area contributed by atoms with Crippen LogP contribution in [0.3, 0.4) is 0 Å². The molecule has 3 rings (SSSR count). The van der Waals surface area contributed by atoms with Crippen LogP contribution in [-0.2, 0) is 9.53 Å². The number of amides is 1. The Morgan fingerprint density at radius 2 is 2.00 bits per heavy atom. The summed E-state index contributed by atoms with van der Waals surface area (Å²) in [6.07, 6.45) is 3.37. The Balaban J connectivity index is 2.07. The third-order valence-corrected chi connectivity index (χ3v) is 4.69. The van der Waals surface area contributed by atoms with E-state index >= 15 is 0 Å². The highest BCUT2D eigenvalue weighted by atomic mass is 16.5. The fourth-order valence-electron chi connectivity index (χ4n) is 3.12. The van der Waals surface area contributed by atoms with Gasteiger partial charge < -0.3 is 14.8 Å². The Labute approximate surface area is 181 Å². The first-order valence-corrected chi connectivity index (χ1v) is 9.76. The maximum absolute atomic E-state index is 12.4. The Kier molecular flexibility index (Phi) is 7.20. The second-order valence-electron chi connectivity index (χ2n) is 6.82. The maximum atomic E-state index is 12.4. The van der Waals surface area contributed by atoms with Crippen LogP contribution in [0.1, 0.15) is 11.1 Å². The number of nitrogens with one attached hydrogen (secondary N) is 1. The van der Waals surface area contributed by atoms with Gasteiger partial charge in [-0.15, -0.1) is 0 Å². The van der Waals surface area contributed by atoms with Gasteiger partial charge in [-0.25, -0.2) is 4.68 Å². The van der Waals surface area contributed by atoms with E-state index in [4.69, 9.17) is 14.6 Å². The molecule has 7 nitrogen and oxygen atoms in total. The highest BCUT2D eigenvalue weighted by Gasteiger charge is 2.16. The summed E-state index contributed by atoms with van der Waals surface area (Å²) in [5, 5.41) is 17.0. The molecule has 1 heterocycles. The van der Waals surface area contributed by atoms with E-state index in [0.717, 1.165) is 22.6 Å². The number of aryl methyl sites for hydroxylation is 1. The van der Waals surface area contributed by atoms with Crippen molar-refractivity contribution >= 4 is 12.0 Å². The maximum Gasteiger partial charge on any atom is 0.262 e. The van der Waals surface area contributed by atoms with Crippen LogP contribution in [0.2, 0.25) is 0 Å². The van der Waals surface area contributed by atoms with Crippen molar-refractivity contribution in [2.75, 3.05) is 27.4 Å². The number of para-hydroxylation sites is 1. The fourth-order valence-corrected chi connectivity index (χ4v) is 3.12. The van der Waals surface area contributed by atoms with Crippen molar-refractivity contribution in [3.63, 3.8) is 0 Å². The molecule has 0 atom stereocenters. The fraction of sp³-hybridized carbons (Fsp3) is 0.208.